The number of aromatic nitrogens is 2. The third kappa shape index (κ3) is 3.37. The Morgan fingerprint density at radius 3 is 2.60 bits per heavy atom. The lowest BCUT2D eigenvalue weighted by atomic mass is 10.2. The third-order valence-corrected chi connectivity index (χ3v) is 3.12. The largest absolute Gasteiger partial charge is 0.417 e. The van der Waals surface area contributed by atoms with Crippen molar-refractivity contribution in [3.8, 4) is 0 Å². The molecule has 1 aromatic carbocycles. The Kier molecular flexibility index (Phi) is 4.14. The highest BCUT2D eigenvalue weighted by Gasteiger charge is 2.33. The molecule has 0 bridgehead atoms. The van der Waals surface area contributed by atoms with Crippen LogP contribution in [-0.4, -0.2) is 9.97 Å². The van der Waals surface area contributed by atoms with E-state index in [1.807, 2.05) is 0 Å². The molecule has 0 radical (unpaired) electrons. The maximum Gasteiger partial charge on any atom is 0.417 e. The number of anilines is 2. The van der Waals surface area contributed by atoms with Gasteiger partial charge in [-0.3, -0.25) is 0 Å². The molecule has 9 heteroatoms. The summed E-state index contributed by atoms with van der Waals surface area (Å²) in [6, 6.07) is 3.38. The molecule has 0 amide bonds. The number of nitrogens with one attached hydrogen (secondary N) is 1. The van der Waals surface area contributed by atoms with Gasteiger partial charge >= 0.3 is 6.18 Å². The summed E-state index contributed by atoms with van der Waals surface area (Å²) in [6.07, 6.45) is -3.71. The van der Waals surface area contributed by atoms with Crippen molar-refractivity contribution >= 4 is 39.0 Å². The second-order valence-electron chi connectivity index (χ2n) is 3.65. The molecule has 106 valence electrons. The van der Waals surface area contributed by atoms with Gasteiger partial charge in [0.15, 0.2) is 11.6 Å². The molecular weight excluding hydrogens is 365 g/mol. The fourth-order valence-electron chi connectivity index (χ4n) is 1.39. The van der Waals surface area contributed by atoms with Gasteiger partial charge in [0.2, 0.25) is 5.28 Å². The van der Waals surface area contributed by atoms with Gasteiger partial charge in [0.25, 0.3) is 0 Å². The van der Waals surface area contributed by atoms with Crippen LogP contribution >= 0.6 is 27.5 Å². The molecule has 0 aliphatic rings. The average Bonchev–Trinajstić information content (AvgIpc) is 2.35. The molecule has 0 saturated heterocycles. The molecule has 0 unspecified atom stereocenters. The number of rotatable bonds is 2. The second-order valence-corrected chi connectivity index (χ2v) is 4.85. The van der Waals surface area contributed by atoms with Gasteiger partial charge in [-0.15, -0.1) is 0 Å². The van der Waals surface area contributed by atoms with E-state index in [0.717, 1.165) is 12.3 Å². The topological polar surface area (TPSA) is 37.8 Å². The molecule has 0 aliphatic heterocycles. The highest BCUT2D eigenvalue weighted by atomic mass is 79.9. The lowest BCUT2D eigenvalue weighted by Crippen LogP contribution is -2.07. The molecule has 2 aromatic rings. The Morgan fingerprint density at radius 1 is 1.25 bits per heavy atom. The Hall–Kier alpha value is -1.41. The zero-order valence-electron chi connectivity index (χ0n) is 9.47. The van der Waals surface area contributed by atoms with Gasteiger partial charge in [0.1, 0.15) is 0 Å². The van der Waals surface area contributed by atoms with Crippen LogP contribution in [0.15, 0.2) is 28.9 Å². The molecule has 0 atom stereocenters. The maximum atomic E-state index is 13.4. The SMILES string of the molecule is Fc1cnc(Cl)nc1Nc1ccc(Br)c(C(F)(F)F)c1. The van der Waals surface area contributed by atoms with Crippen LogP contribution in [0.5, 0.6) is 0 Å². The van der Waals surface area contributed by atoms with E-state index in [0.29, 0.717) is 0 Å². The lowest BCUT2D eigenvalue weighted by molar-refractivity contribution is -0.138. The van der Waals surface area contributed by atoms with Gasteiger partial charge < -0.3 is 5.32 Å². The highest BCUT2D eigenvalue weighted by molar-refractivity contribution is 9.10. The van der Waals surface area contributed by atoms with E-state index in [1.54, 1.807) is 0 Å². The molecule has 0 saturated carbocycles. The standard InChI is InChI=1S/C11H5BrClF4N3/c12-7-2-1-5(3-6(7)11(15,16)17)19-9-8(14)4-18-10(13)20-9/h1-4H,(H,18,19,20). The van der Waals surface area contributed by atoms with E-state index in [2.05, 4.69) is 31.2 Å². The molecule has 20 heavy (non-hydrogen) atoms. The van der Waals surface area contributed by atoms with Gasteiger partial charge in [-0.05, 0) is 29.8 Å². The average molecular weight is 371 g/mol. The minimum absolute atomic E-state index is 0.0224. The van der Waals surface area contributed by atoms with E-state index >= 15 is 0 Å². The van der Waals surface area contributed by atoms with Crippen LogP contribution in [0.2, 0.25) is 5.28 Å². The van der Waals surface area contributed by atoms with Crippen LogP contribution in [0.25, 0.3) is 0 Å². The molecule has 0 fully saturated rings. The Bertz CT molecular complexity index is 648. The van der Waals surface area contributed by atoms with Crippen LogP contribution in [-0.2, 0) is 6.18 Å². The highest BCUT2D eigenvalue weighted by Crippen LogP contribution is 2.36. The summed E-state index contributed by atoms with van der Waals surface area (Å²) < 4.78 is 51.5. The summed E-state index contributed by atoms with van der Waals surface area (Å²) in [5.74, 6) is -1.13. The number of hydrogen-bond donors (Lipinski definition) is 1. The van der Waals surface area contributed by atoms with E-state index in [4.69, 9.17) is 11.6 Å². The van der Waals surface area contributed by atoms with Gasteiger partial charge in [0.05, 0.1) is 11.8 Å². The van der Waals surface area contributed by atoms with Crippen LogP contribution < -0.4 is 5.32 Å². The second kappa shape index (κ2) is 5.53. The number of halogens is 6. The van der Waals surface area contributed by atoms with Crippen molar-refractivity contribution in [3.63, 3.8) is 0 Å². The van der Waals surface area contributed by atoms with Crippen molar-refractivity contribution in [1.82, 2.24) is 9.97 Å². The lowest BCUT2D eigenvalue weighted by Gasteiger charge is -2.12. The van der Waals surface area contributed by atoms with Gasteiger partial charge in [0, 0.05) is 10.2 Å². The van der Waals surface area contributed by atoms with Crippen molar-refractivity contribution in [2.24, 2.45) is 0 Å². The van der Waals surface area contributed by atoms with Crippen LogP contribution in [0, 0.1) is 5.82 Å². The molecular formula is C11H5BrClF4N3. The molecule has 3 nitrogen and oxygen atoms in total. The summed E-state index contributed by atoms with van der Waals surface area (Å²) >= 11 is 8.30. The Labute approximate surface area is 124 Å². The van der Waals surface area contributed by atoms with Crippen molar-refractivity contribution in [2.45, 2.75) is 6.18 Å². The fraction of sp³-hybridized carbons (Fsp3) is 0.0909. The zero-order valence-corrected chi connectivity index (χ0v) is 11.8. The first-order chi connectivity index (χ1) is 9.27. The number of alkyl halides is 3. The van der Waals surface area contributed by atoms with Crippen molar-refractivity contribution in [3.05, 3.63) is 45.5 Å². The van der Waals surface area contributed by atoms with Gasteiger partial charge in [-0.25, -0.2) is 9.37 Å². The van der Waals surface area contributed by atoms with E-state index in [-0.39, 0.29) is 21.3 Å². The quantitative estimate of drug-likeness (QED) is 0.610. The molecule has 0 aliphatic carbocycles. The summed E-state index contributed by atoms with van der Waals surface area (Å²) in [5, 5.41) is 2.20. The van der Waals surface area contributed by atoms with Gasteiger partial charge in [-0.1, -0.05) is 15.9 Å². The number of nitrogens with zero attached hydrogens (tertiary/aromatic N) is 2. The maximum absolute atomic E-state index is 13.4. The fourth-order valence-corrected chi connectivity index (χ4v) is 1.99. The van der Waals surface area contributed by atoms with Crippen LogP contribution in [0.3, 0.4) is 0 Å². The summed E-state index contributed by atoms with van der Waals surface area (Å²) in [5.41, 5.74) is -0.864. The summed E-state index contributed by atoms with van der Waals surface area (Å²) in [4.78, 5) is 6.96. The monoisotopic (exact) mass is 369 g/mol. The van der Waals surface area contributed by atoms with E-state index < -0.39 is 17.6 Å². The molecule has 2 rings (SSSR count). The number of hydrogen-bond acceptors (Lipinski definition) is 3. The van der Waals surface area contributed by atoms with Crippen LogP contribution in [0.4, 0.5) is 29.1 Å². The van der Waals surface area contributed by atoms with Crippen molar-refractivity contribution in [1.29, 1.82) is 0 Å². The zero-order chi connectivity index (χ0) is 14.9. The summed E-state index contributed by atoms with van der Waals surface area (Å²) in [6.45, 7) is 0. The normalized spacial score (nSPS) is 11.5. The Morgan fingerprint density at radius 2 is 1.95 bits per heavy atom. The van der Waals surface area contributed by atoms with E-state index in [1.165, 1.54) is 12.1 Å². The predicted octanol–water partition coefficient (Wildman–Crippen LogP) is 4.79. The van der Waals surface area contributed by atoms with Crippen LogP contribution in [0.1, 0.15) is 5.56 Å². The number of benzene rings is 1. The van der Waals surface area contributed by atoms with Crippen molar-refractivity contribution < 1.29 is 17.6 Å². The minimum Gasteiger partial charge on any atom is -0.338 e. The van der Waals surface area contributed by atoms with E-state index in [9.17, 15) is 17.6 Å². The molecule has 1 aromatic heterocycles. The van der Waals surface area contributed by atoms with Gasteiger partial charge in [-0.2, -0.15) is 18.2 Å². The Balaban J connectivity index is 2.37. The third-order valence-electron chi connectivity index (χ3n) is 2.25. The first-order valence-electron chi connectivity index (χ1n) is 5.09. The first kappa shape index (κ1) is 15.0. The minimum atomic E-state index is -4.53. The predicted molar refractivity (Wildman–Crippen MR) is 69.4 cm³/mol. The molecule has 1 N–H and O–H groups in total. The summed E-state index contributed by atoms with van der Waals surface area (Å²) in [7, 11) is 0. The smallest absolute Gasteiger partial charge is 0.338 e. The first-order valence-corrected chi connectivity index (χ1v) is 6.26. The van der Waals surface area contributed by atoms with Crippen molar-refractivity contribution in [2.75, 3.05) is 5.32 Å². The molecule has 0 spiro atoms. The molecule has 1 heterocycles.